The SMILES string of the molecule is CCCCCC1=CCC/C1=N/NC(=O)c1ccco1. The van der Waals surface area contributed by atoms with Crippen LogP contribution in [-0.4, -0.2) is 11.6 Å². The average molecular weight is 260 g/mol. The van der Waals surface area contributed by atoms with Crippen LogP contribution in [-0.2, 0) is 0 Å². The molecular formula is C15H20N2O2. The fourth-order valence-corrected chi connectivity index (χ4v) is 2.18. The first kappa shape index (κ1) is 13.6. The van der Waals surface area contributed by atoms with Crippen LogP contribution in [0.15, 0.2) is 39.6 Å². The molecule has 1 N–H and O–H groups in total. The molecule has 0 saturated carbocycles. The molecule has 0 saturated heterocycles. The third kappa shape index (κ3) is 3.81. The van der Waals surface area contributed by atoms with E-state index in [1.54, 1.807) is 12.1 Å². The number of hydrogen-bond donors (Lipinski definition) is 1. The van der Waals surface area contributed by atoms with Gasteiger partial charge in [-0.3, -0.25) is 4.79 Å². The van der Waals surface area contributed by atoms with Gasteiger partial charge in [-0.1, -0.05) is 25.8 Å². The molecule has 0 aromatic carbocycles. The average Bonchev–Trinajstić information content (AvgIpc) is 3.08. The van der Waals surface area contributed by atoms with Crippen molar-refractivity contribution < 1.29 is 9.21 Å². The Morgan fingerprint density at radius 3 is 3.11 bits per heavy atom. The predicted octanol–water partition coefficient (Wildman–Crippen LogP) is 3.67. The number of nitrogens with one attached hydrogen (secondary N) is 1. The van der Waals surface area contributed by atoms with Crippen LogP contribution in [0.2, 0.25) is 0 Å². The summed E-state index contributed by atoms with van der Waals surface area (Å²) in [5, 5.41) is 4.23. The standard InChI is InChI=1S/C15H20N2O2/c1-2-3-4-7-12-8-5-9-13(12)16-17-15(18)14-10-6-11-19-14/h6,8,10-11H,2-5,7,9H2,1H3,(H,17,18)/b16-13-. The number of rotatable bonds is 6. The third-order valence-electron chi connectivity index (χ3n) is 3.23. The van der Waals surface area contributed by atoms with E-state index in [9.17, 15) is 4.79 Å². The smallest absolute Gasteiger partial charge is 0.307 e. The van der Waals surface area contributed by atoms with Gasteiger partial charge in [0.05, 0.1) is 12.0 Å². The van der Waals surface area contributed by atoms with Crippen molar-refractivity contribution in [2.45, 2.75) is 45.4 Å². The molecule has 0 bridgehead atoms. The summed E-state index contributed by atoms with van der Waals surface area (Å²) in [5.74, 6) is -0.00355. The molecule has 102 valence electrons. The van der Waals surface area contributed by atoms with E-state index < -0.39 is 0 Å². The molecule has 1 heterocycles. The maximum atomic E-state index is 11.7. The van der Waals surface area contributed by atoms with Crippen molar-refractivity contribution in [3.8, 4) is 0 Å². The zero-order chi connectivity index (χ0) is 13.5. The monoisotopic (exact) mass is 260 g/mol. The molecule has 4 heteroatoms. The first-order chi connectivity index (χ1) is 9.31. The van der Waals surface area contributed by atoms with Gasteiger partial charge in [-0.05, 0) is 43.4 Å². The molecule has 1 aliphatic rings. The van der Waals surface area contributed by atoms with Gasteiger partial charge in [0.15, 0.2) is 5.76 Å². The van der Waals surface area contributed by atoms with Gasteiger partial charge in [0, 0.05) is 0 Å². The van der Waals surface area contributed by atoms with Crippen LogP contribution in [0.4, 0.5) is 0 Å². The van der Waals surface area contributed by atoms with Crippen LogP contribution < -0.4 is 5.43 Å². The highest BCUT2D eigenvalue weighted by atomic mass is 16.3. The Morgan fingerprint density at radius 2 is 2.37 bits per heavy atom. The Balaban J connectivity index is 1.88. The Labute approximate surface area is 113 Å². The van der Waals surface area contributed by atoms with Crippen LogP contribution in [0.3, 0.4) is 0 Å². The Kier molecular flexibility index (Phi) is 4.95. The second-order valence-electron chi connectivity index (χ2n) is 4.70. The minimum atomic E-state index is -0.294. The molecular weight excluding hydrogens is 240 g/mol. The molecule has 1 amide bonds. The van der Waals surface area contributed by atoms with Gasteiger partial charge in [0.1, 0.15) is 0 Å². The van der Waals surface area contributed by atoms with Crippen molar-refractivity contribution in [3.63, 3.8) is 0 Å². The summed E-state index contributed by atoms with van der Waals surface area (Å²) in [6, 6.07) is 3.32. The number of nitrogens with zero attached hydrogens (tertiary/aromatic N) is 1. The van der Waals surface area contributed by atoms with Crippen LogP contribution in [0.1, 0.15) is 56.0 Å². The number of hydrogen-bond acceptors (Lipinski definition) is 3. The van der Waals surface area contributed by atoms with Crippen molar-refractivity contribution in [2.24, 2.45) is 5.10 Å². The number of carbonyl (C=O) groups is 1. The number of furan rings is 1. The zero-order valence-electron chi connectivity index (χ0n) is 11.3. The lowest BCUT2D eigenvalue weighted by Crippen LogP contribution is -2.19. The predicted molar refractivity (Wildman–Crippen MR) is 75.1 cm³/mol. The summed E-state index contributed by atoms with van der Waals surface area (Å²) in [4.78, 5) is 11.7. The lowest BCUT2D eigenvalue weighted by Gasteiger charge is -2.04. The lowest BCUT2D eigenvalue weighted by atomic mass is 10.1. The van der Waals surface area contributed by atoms with E-state index >= 15 is 0 Å². The van der Waals surface area contributed by atoms with Crippen molar-refractivity contribution >= 4 is 11.6 Å². The quantitative estimate of drug-likeness (QED) is 0.626. The Morgan fingerprint density at radius 1 is 1.47 bits per heavy atom. The van der Waals surface area contributed by atoms with Gasteiger partial charge >= 0.3 is 5.91 Å². The largest absolute Gasteiger partial charge is 0.459 e. The fourth-order valence-electron chi connectivity index (χ4n) is 2.18. The lowest BCUT2D eigenvalue weighted by molar-refractivity contribution is 0.0927. The van der Waals surface area contributed by atoms with Gasteiger partial charge in [-0.25, -0.2) is 5.43 Å². The first-order valence-corrected chi connectivity index (χ1v) is 6.91. The van der Waals surface area contributed by atoms with E-state index in [0.717, 1.165) is 25.0 Å². The van der Waals surface area contributed by atoms with E-state index in [1.165, 1.54) is 31.1 Å². The van der Waals surface area contributed by atoms with E-state index in [-0.39, 0.29) is 5.91 Å². The summed E-state index contributed by atoms with van der Waals surface area (Å²) in [6.07, 6.45) is 10.4. The molecule has 0 spiro atoms. The van der Waals surface area contributed by atoms with Gasteiger partial charge in [0.2, 0.25) is 0 Å². The van der Waals surface area contributed by atoms with Crippen LogP contribution >= 0.6 is 0 Å². The second kappa shape index (κ2) is 6.92. The second-order valence-corrected chi connectivity index (χ2v) is 4.70. The fraction of sp³-hybridized carbons (Fsp3) is 0.467. The van der Waals surface area contributed by atoms with Gasteiger partial charge in [-0.2, -0.15) is 5.10 Å². The molecule has 0 radical (unpaired) electrons. The summed E-state index contributed by atoms with van der Waals surface area (Å²) < 4.78 is 5.02. The highest BCUT2D eigenvalue weighted by Gasteiger charge is 2.14. The van der Waals surface area contributed by atoms with Gasteiger partial charge < -0.3 is 4.42 Å². The van der Waals surface area contributed by atoms with E-state index in [0.29, 0.717) is 5.76 Å². The molecule has 0 fully saturated rings. The Bertz CT molecular complexity index is 472. The summed E-state index contributed by atoms with van der Waals surface area (Å²) >= 11 is 0. The molecule has 0 unspecified atom stereocenters. The van der Waals surface area contributed by atoms with Crippen molar-refractivity contribution in [1.82, 2.24) is 5.43 Å². The van der Waals surface area contributed by atoms with Gasteiger partial charge in [0.25, 0.3) is 0 Å². The van der Waals surface area contributed by atoms with Crippen LogP contribution in [0, 0.1) is 0 Å². The molecule has 4 nitrogen and oxygen atoms in total. The zero-order valence-corrected chi connectivity index (χ0v) is 11.3. The molecule has 2 rings (SSSR count). The highest BCUT2D eigenvalue weighted by molar-refractivity contribution is 6.03. The minimum absolute atomic E-state index is 0.291. The molecule has 1 aromatic heterocycles. The Hall–Kier alpha value is -1.84. The van der Waals surface area contributed by atoms with Crippen LogP contribution in [0.5, 0.6) is 0 Å². The number of unbranched alkanes of at least 4 members (excludes halogenated alkanes) is 2. The van der Waals surface area contributed by atoms with E-state index in [2.05, 4.69) is 23.5 Å². The number of amides is 1. The molecule has 0 aliphatic heterocycles. The molecule has 19 heavy (non-hydrogen) atoms. The first-order valence-electron chi connectivity index (χ1n) is 6.91. The van der Waals surface area contributed by atoms with Crippen molar-refractivity contribution in [2.75, 3.05) is 0 Å². The van der Waals surface area contributed by atoms with Crippen molar-refractivity contribution in [1.29, 1.82) is 0 Å². The summed E-state index contributed by atoms with van der Waals surface area (Å²) in [6.45, 7) is 2.20. The van der Waals surface area contributed by atoms with Gasteiger partial charge in [-0.15, -0.1) is 0 Å². The topological polar surface area (TPSA) is 54.6 Å². The number of hydrazone groups is 1. The van der Waals surface area contributed by atoms with Crippen LogP contribution in [0.25, 0.3) is 0 Å². The molecule has 1 aromatic rings. The maximum absolute atomic E-state index is 11.7. The number of allylic oxidation sites excluding steroid dienone is 2. The highest BCUT2D eigenvalue weighted by Crippen LogP contribution is 2.21. The summed E-state index contributed by atoms with van der Waals surface area (Å²) in [7, 11) is 0. The normalized spacial score (nSPS) is 16.7. The molecule has 1 aliphatic carbocycles. The third-order valence-corrected chi connectivity index (χ3v) is 3.23. The van der Waals surface area contributed by atoms with Crippen molar-refractivity contribution in [3.05, 3.63) is 35.8 Å². The minimum Gasteiger partial charge on any atom is -0.459 e. The van der Waals surface area contributed by atoms with E-state index in [4.69, 9.17) is 4.42 Å². The number of carbonyl (C=O) groups excluding carboxylic acids is 1. The maximum Gasteiger partial charge on any atom is 0.307 e. The van der Waals surface area contributed by atoms with E-state index in [1.807, 2.05) is 0 Å². The molecule has 0 atom stereocenters. The summed E-state index contributed by atoms with van der Waals surface area (Å²) in [5.41, 5.74) is 4.86.